The molecule has 1 amide bonds. The number of aromatic nitrogens is 2. The van der Waals surface area contributed by atoms with Crippen LogP contribution in [0.1, 0.15) is 16.1 Å². The molecule has 0 atom stereocenters. The number of carbonyl (C=O) groups excluding carboxylic acids is 2. The van der Waals surface area contributed by atoms with Crippen LogP contribution in [0.5, 0.6) is 5.75 Å². The van der Waals surface area contributed by atoms with E-state index in [1.165, 1.54) is 11.5 Å². The normalized spacial score (nSPS) is 14.4. The fourth-order valence-electron chi connectivity index (χ4n) is 3.78. The smallest absolute Gasteiger partial charge is 0.360 e. The molecule has 3 aromatic rings. The predicted octanol–water partition coefficient (Wildman–Crippen LogP) is 1.40. The number of anilines is 2. The summed E-state index contributed by atoms with van der Waals surface area (Å²) in [6, 6.07) is 11.1. The van der Waals surface area contributed by atoms with Crippen LogP contribution < -0.4 is 20.1 Å². The van der Waals surface area contributed by atoms with Gasteiger partial charge in [0.25, 0.3) is 0 Å². The number of nitrogens with zero attached hydrogens (tertiary/aromatic N) is 5. The van der Waals surface area contributed by atoms with Gasteiger partial charge in [-0.25, -0.2) is 9.78 Å². The summed E-state index contributed by atoms with van der Waals surface area (Å²) in [6.45, 7) is 1.41. The third kappa shape index (κ3) is 4.44. The largest absolute Gasteiger partial charge is 0.481 e. The topological polar surface area (TPSA) is 96.7 Å². The lowest BCUT2D eigenvalue weighted by molar-refractivity contribution is -0.120. The van der Waals surface area contributed by atoms with Gasteiger partial charge in [0, 0.05) is 33.4 Å². The molecule has 0 unspecified atom stereocenters. The van der Waals surface area contributed by atoms with Crippen molar-refractivity contribution in [2.45, 2.75) is 6.61 Å². The molecule has 178 valence electrons. The molecule has 1 aliphatic heterocycles. The summed E-state index contributed by atoms with van der Waals surface area (Å²) in [5.41, 5.74) is 1.35. The van der Waals surface area contributed by atoms with Gasteiger partial charge in [0.15, 0.2) is 11.3 Å². The van der Waals surface area contributed by atoms with Crippen molar-refractivity contribution in [1.82, 2.24) is 14.3 Å². The van der Waals surface area contributed by atoms with Gasteiger partial charge in [-0.05, 0) is 18.7 Å². The highest BCUT2D eigenvalue weighted by Crippen LogP contribution is 2.28. The van der Waals surface area contributed by atoms with E-state index >= 15 is 0 Å². The Hall–Kier alpha value is -3.92. The van der Waals surface area contributed by atoms with E-state index < -0.39 is 11.5 Å². The molecule has 4 rings (SSSR count). The van der Waals surface area contributed by atoms with Gasteiger partial charge in [-0.2, -0.15) is 0 Å². The van der Waals surface area contributed by atoms with Crippen molar-refractivity contribution in [3.63, 3.8) is 0 Å². The minimum Gasteiger partial charge on any atom is -0.481 e. The molecule has 0 radical (unpaired) electrons. The summed E-state index contributed by atoms with van der Waals surface area (Å²) in [7, 11) is 6.76. The van der Waals surface area contributed by atoms with Crippen molar-refractivity contribution in [3.8, 4) is 5.75 Å². The van der Waals surface area contributed by atoms with E-state index in [1.54, 1.807) is 17.2 Å². The van der Waals surface area contributed by atoms with E-state index in [0.29, 0.717) is 24.5 Å². The van der Waals surface area contributed by atoms with E-state index in [-0.39, 0.29) is 36.1 Å². The van der Waals surface area contributed by atoms with E-state index in [0.717, 1.165) is 5.56 Å². The monoisotopic (exact) mass is 465 g/mol. The second-order valence-corrected chi connectivity index (χ2v) is 8.32. The number of esters is 1. The molecule has 1 saturated heterocycles. The van der Waals surface area contributed by atoms with Gasteiger partial charge in [-0.15, -0.1) is 0 Å². The maximum atomic E-state index is 13.6. The van der Waals surface area contributed by atoms with Gasteiger partial charge in [0.05, 0.1) is 25.0 Å². The number of carbonyl (C=O) groups is 2. The third-order valence-corrected chi connectivity index (χ3v) is 5.67. The lowest BCUT2D eigenvalue weighted by Crippen LogP contribution is -2.49. The number of amides is 1. The van der Waals surface area contributed by atoms with Gasteiger partial charge < -0.3 is 19.3 Å². The van der Waals surface area contributed by atoms with Gasteiger partial charge in [-0.1, -0.05) is 30.3 Å². The number of likely N-dealkylation sites (N-methyl/N-ethyl adjacent to an activating group) is 1. The maximum Gasteiger partial charge on any atom is 0.360 e. The molecule has 10 nitrogen and oxygen atoms in total. The van der Waals surface area contributed by atoms with Crippen LogP contribution in [0.2, 0.25) is 0 Å². The molecule has 34 heavy (non-hydrogen) atoms. The van der Waals surface area contributed by atoms with Crippen LogP contribution in [0, 0.1) is 0 Å². The average Bonchev–Trinajstić information content (AvgIpc) is 2.83. The first-order valence-corrected chi connectivity index (χ1v) is 10.8. The van der Waals surface area contributed by atoms with Crippen LogP contribution >= 0.6 is 0 Å². The standard InChI is InChI=1S/C24H27N5O5/c1-26(2)17-12-18(28-11-10-27(3)14-19(28)30)22-25-20(24(32)33-4)21(23(31)29(22)13-17)34-15-16-8-6-5-7-9-16/h5-9,12-13H,10-11,14-15H2,1-4H3. The Morgan fingerprint density at radius 3 is 2.53 bits per heavy atom. The quantitative estimate of drug-likeness (QED) is 0.504. The van der Waals surface area contributed by atoms with Crippen LogP contribution in [-0.2, 0) is 16.1 Å². The highest BCUT2D eigenvalue weighted by molar-refractivity contribution is 6.00. The van der Waals surface area contributed by atoms with Crippen molar-refractivity contribution in [2.24, 2.45) is 0 Å². The van der Waals surface area contributed by atoms with Gasteiger partial charge >= 0.3 is 11.5 Å². The number of methoxy groups -OCH3 is 1. The first kappa shape index (κ1) is 23.2. The fourth-order valence-corrected chi connectivity index (χ4v) is 3.78. The number of ether oxygens (including phenoxy) is 2. The Kier molecular flexibility index (Phi) is 6.51. The van der Waals surface area contributed by atoms with Crippen molar-refractivity contribution in [2.75, 3.05) is 57.7 Å². The predicted molar refractivity (Wildman–Crippen MR) is 128 cm³/mol. The van der Waals surface area contributed by atoms with Crippen LogP contribution in [0.15, 0.2) is 47.4 Å². The summed E-state index contributed by atoms with van der Waals surface area (Å²) in [6.07, 6.45) is 1.62. The number of piperazine rings is 1. The summed E-state index contributed by atoms with van der Waals surface area (Å²) < 4.78 is 12.0. The highest BCUT2D eigenvalue weighted by Gasteiger charge is 2.29. The first-order valence-electron chi connectivity index (χ1n) is 10.8. The second-order valence-electron chi connectivity index (χ2n) is 8.32. The molecule has 1 fully saturated rings. The van der Waals surface area contributed by atoms with Crippen molar-refractivity contribution >= 4 is 28.9 Å². The third-order valence-electron chi connectivity index (χ3n) is 5.67. The number of rotatable bonds is 6. The summed E-state index contributed by atoms with van der Waals surface area (Å²) in [5.74, 6) is -1.13. The molecule has 10 heteroatoms. The summed E-state index contributed by atoms with van der Waals surface area (Å²) >= 11 is 0. The molecule has 3 heterocycles. The number of hydrogen-bond donors (Lipinski definition) is 0. The van der Waals surface area contributed by atoms with E-state index in [4.69, 9.17) is 9.47 Å². The minimum atomic E-state index is -0.796. The first-order chi connectivity index (χ1) is 16.3. The lowest BCUT2D eigenvalue weighted by atomic mass is 10.2. The number of fused-ring (bicyclic) bond motifs is 1. The molecule has 1 aliphatic rings. The van der Waals surface area contributed by atoms with Crippen molar-refractivity contribution < 1.29 is 19.1 Å². The highest BCUT2D eigenvalue weighted by atomic mass is 16.5. The van der Waals surface area contributed by atoms with E-state index in [2.05, 4.69) is 4.98 Å². The molecule has 2 aromatic heterocycles. The van der Waals surface area contributed by atoms with Crippen LogP contribution in [-0.4, -0.2) is 74.0 Å². The molecule has 1 aromatic carbocycles. The van der Waals surface area contributed by atoms with Gasteiger partial charge in [0.2, 0.25) is 11.7 Å². The Bertz CT molecular complexity index is 1290. The average molecular weight is 466 g/mol. The number of pyridine rings is 1. The molecule has 0 N–H and O–H groups in total. The Morgan fingerprint density at radius 1 is 1.15 bits per heavy atom. The molecule has 0 spiro atoms. The molecule has 0 saturated carbocycles. The number of benzene rings is 1. The lowest BCUT2D eigenvalue weighted by Gasteiger charge is -2.33. The molecular formula is C24H27N5O5. The molecular weight excluding hydrogens is 438 g/mol. The van der Waals surface area contributed by atoms with E-state index in [1.807, 2.05) is 61.3 Å². The minimum absolute atomic E-state index is 0.0744. The zero-order valence-corrected chi connectivity index (χ0v) is 19.6. The summed E-state index contributed by atoms with van der Waals surface area (Å²) in [4.78, 5) is 48.9. The second kappa shape index (κ2) is 9.52. The number of hydrogen-bond acceptors (Lipinski definition) is 8. The molecule has 0 aliphatic carbocycles. The van der Waals surface area contributed by atoms with Crippen molar-refractivity contribution in [3.05, 3.63) is 64.2 Å². The Labute approximate surface area is 196 Å². The zero-order chi connectivity index (χ0) is 24.4. The van der Waals surface area contributed by atoms with Gasteiger partial charge in [0.1, 0.15) is 6.61 Å². The van der Waals surface area contributed by atoms with Crippen molar-refractivity contribution in [1.29, 1.82) is 0 Å². The molecule has 0 bridgehead atoms. The maximum absolute atomic E-state index is 13.6. The van der Waals surface area contributed by atoms with Crippen LogP contribution in [0.25, 0.3) is 5.65 Å². The fraction of sp³-hybridized carbons (Fsp3) is 0.333. The van der Waals surface area contributed by atoms with Gasteiger partial charge in [-0.3, -0.25) is 18.9 Å². The van der Waals surface area contributed by atoms with Crippen LogP contribution in [0.4, 0.5) is 11.4 Å². The SMILES string of the molecule is COC(=O)c1nc2c(N3CCN(C)CC3=O)cc(N(C)C)cn2c(=O)c1OCc1ccccc1. The van der Waals surface area contributed by atoms with E-state index in [9.17, 15) is 14.4 Å². The Balaban J connectivity index is 1.91. The Morgan fingerprint density at radius 2 is 1.88 bits per heavy atom. The zero-order valence-electron chi connectivity index (χ0n) is 19.6. The summed E-state index contributed by atoms with van der Waals surface area (Å²) in [5, 5.41) is 0. The van der Waals surface area contributed by atoms with Crippen LogP contribution in [0.3, 0.4) is 0 Å².